The third-order valence-electron chi connectivity index (χ3n) is 11.1. The fourth-order valence-electron chi connectivity index (χ4n) is 5.82. The molecule has 3 aliphatic rings. The molecule has 0 saturated carbocycles. The van der Waals surface area contributed by atoms with Crippen molar-refractivity contribution in [1.29, 1.82) is 0 Å². The van der Waals surface area contributed by atoms with Gasteiger partial charge in [-0.2, -0.15) is 0 Å². The molecule has 0 aromatic rings. The Hall–Kier alpha value is -2.04. The van der Waals surface area contributed by atoms with Crippen LogP contribution in [0.1, 0.15) is 93.4 Å². The predicted molar refractivity (Wildman–Crippen MR) is 214 cm³/mol. The monoisotopic (exact) mass is 740 g/mol. The minimum atomic E-state index is -2.30. The Morgan fingerprint density at radius 2 is 1.73 bits per heavy atom. The highest BCUT2D eigenvalue weighted by molar-refractivity contribution is 6.74. The Bertz CT molecular complexity index is 1350. The lowest BCUT2D eigenvalue weighted by Gasteiger charge is -2.40. The van der Waals surface area contributed by atoms with Crippen LogP contribution in [0.5, 0.6) is 0 Å². The van der Waals surface area contributed by atoms with E-state index in [9.17, 15) is 4.79 Å². The summed E-state index contributed by atoms with van der Waals surface area (Å²) in [6.45, 7) is 29.7. The smallest absolute Gasteiger partial charge is 0.384 e. The summed E-state index contributed by atoms with van der Waals surface area (Å²) in [4.78, 5) is 13.4. The zero-order valence-electron chi connectivity index (χ0n) is 33.8. The van der Waals surface area contributed by atoms with Gasteiger partial charge in [-0.1, -0.05) is 108 Å². The second-order valence-electron chi connectivity index (χ2n) is 17.5. The average Bonchev–Trinajstić information content (AvgIpc) is 3.01. The van der Waals surface area contributed by atoms with E-state index in [1.54, 1.807) is 7.11 Å². The van der Waals surface area contributed by atoms with Crippen LogP contribution in [0.4, 0.5) is 0 Å². The first-order chi connectivity index (χ1) is 23.7. The molecular weight excluding hydrogens is 673 g/mol. The number of rotatable bonds is 8. The second-order valence-corrected chi connectivity index (χ2v) is 27.0. The summed E-state index contributed by atoms with van der Waals surface area (Å²) in [5.74, 6) is 5.22. The highest BCUT2D eigenvalue weighted by Crippen LogP contribution is 2.40. The van der Waals surface area contributed by atoms with Gasteiger partial charge in [0.05, 0.1) is 31.0 Å². The summed E-state index contributed by atoms with van der Waals surface area (Å²) in [6.07, 6.45) is 17.8. The number of esters is 1. The van der Waals surface area contributed by atoms with Gasteiger partial charge >= 0.3 is 5.97 Å². The molecule has 0 amide bonds. The predicted octanol–water partition coefficient (Wildman–Crippen LogP) is 9.78. The summed E-state index contributed by atoms with van der Waals surface area (Å²) in [7, 11) is -2.71. The van der Waals surface area contributed by atoms with Crippen molar-refractivity contribution in [1.82, 2.24) is 0 Å². The summed E-state index contributed by atoms with van der Waals surface area (Å²) in [5.41, 5.74) is 2.45. The Balaban J connectivity index is 2.03. The standard InChI is InChI=1S/C42H68O7Si2/c1-31-17-14-20-37-36(44-9)25-23-33(46-37)18-16-22-40(43)47-38(21-15-19-35(30-31)48-50(10,11)41(3,4)5)39(49-51(12,13)42(6,7)8)26-24-34-29-32(2)27-28-45-34/h15,19,23-27,33-39H,1,14,17-18,20-21,28-30H2,2-13H3/b19-15-,26-24?. The molecule has 286 valence electrons. The van der Waals surface area contributed by atoms with E-state index in [0.29, 0.717) is 19.4 Å². The van der Waals surface area contributed by atoms with E-state index >= 15 is 0 Å². The summed E-state index contributed by atoms with van der Waals surface area (Å²) in [6, 6.07) is 0. The lowest BCUT2D eigenvalue weighted by atomic mass is 9.98. The number of carbonyl (C=O) groups is 1. The Morgan fingerprint density at radius 3 is 2.37 bits per heavy atom. The normalized spacial score (nSPS) is 29.3. The first kappa shape index (κ1) is 43.4. The van der Waals surface area contributed by atoms with Crippen LogP contribution in [0.2, 0.25) is 36.3 Å². The first-order valence-electron chi connectivity index (χ1n) is 18.9. The SMILES string of the molecule is C=C1CCCC2OC(C=CC2OC)CC#CC(=O)OC(C(C=CC2CC(C)=CCO2)O[Si](C)(C)C(C)(C)C)C/C=C\C(O[Si](C)(C)C(C)(C)C)C1. The van der Waals surface area contributed by atoms with Gasteiger partial charge in [-0.25, -0.2) is 4.79 Å². The second kappa shape index (κ2) is 18.8. The third-order valence-corrected chi connectivity index (χ3v) is 20.1. The van der Waals surface area contributed by atoms with Crippen molar-refractivity contribution < 1.29 is 32.6 Å². The van der Waals surface area contributed by atoms with Crippen molar-refractivity contribution in [3.8, 4) is 11.8 Å². The number of hydrogen-bond donors (Lipinski definition) is 0. The molecule has 0 aromatic heterocycles. The Labute approximate surface area is 312 Å². The molecule has 0 aliphatic carbocycles. The van der Waals surface area contributed by atoms with Crippen LogP contribution in [0.15, 0.2) is 60.3 Å². The minimum Gasteiger partial charge on any atom is -0.449 e. The topological polar surface area (TPSA) is 72.5 Å². The lowest BCUT2D eigenvalue weighted by Crippen LogP contribution is -2.47. The molecule has 3 aliphatic heterocycles. The maximum absolute atomic E-state index is 13.4. The minimum absolute atomic E-state index is 0.0457. The van der Waals surface area contributed by atoms with Crippen molar-refractivity contribution in [2.24, 2.45) is 0 Å². The fourth-order valence-corrected chi connectivity index (χ4v) is 8.36. The van der Waals surface area contributed by atoms with Crippen LogP contribution in [-0.4, -0.2) is 79.0 Å². The van der Waals surface area contributed by atoms with Gasteiger partial charge < -0.3 is 27.8 Å². The average molecular weight is 741 g/mol. The van der Waals surface area contributed by atoms with Crippen LogP contribution in [0, 0.1) is 11.8 Å². The molecule has 7 nitrogen and oxygen atoms in total. The van der Waals surface area contributed by atoms with Crippen molar-refractivity contribution in [3.05, 3.63) is 60.3 Å². The number of methoxy groups -OCH3 is 1. The van der Waals surface area contributed by atoms with Gasteiger partial charge in [0.2, 0.25) is 0 Å². The molecule has 0 spiro atoms. The van der Waals surface area contributed by atoms with Crippen LogP contribution >= 0.6 is 0 Å². The fraction of sp³-hybridized carbons (Fsp3) is 0.690. The number of cyclic esters (lactones) is 1. The van der Waals surface area contributed by atoms with Crippen LogP contribution in [0.25, 0.3) is 0 Å². The molecule has 7 atom stereocenters. The van der Waals surface area contributed by atoms with Crippen LogP contribution in [-0.2, 0) is 32.6 Å². The van der Waals surface area contributed by atoms with Gasteiger partial charge in [0.15, 0.2) is 16.6 Å². The van der Waals surface area contributed by atoms with Gasteiger partial charge in [-0.05, 0) is 75.3 Å². The largest absolute Gasteiger partial charge is 0.449 e. The van der Waals surface area contributed by atoms with E-state index in [1.807, 2.05) is 12.2 Å². The van der Waals surface area contributed by atoms with E-state index in [4.69, 9.17) is 27.8 Å². The molecule has 0 radical (unpaired) electrons. The maximum Gasteiger partial charge on any atom is 0.384 e. The summed E-state index contributed by atoms with van der Waals surface area (Å²) >= 11 is 0. The van der Waals surface area contributed by atoms with E-state index in [0.717, 1.165) is 37.7 Å². The molecule has 2 bridgehead atoms. The number of ether oxygens (including phenoxy) is 4. The van der Waals surface area contributed by atoms with Crippen molar-refractivity contribution in [3.63, 3.8) is 0 Å². The zero-order valence-corrected chi connectivity index (χ0v) is 35.8. The summed E-state index contributed by atoms with van der Waals surface area (Å²) in [5, 5.41) is -0.00526. The lowest BCUT2D eigenvalue weighted by molar-refractivity contribution is -0.145. The molecule has 3 heterocycles. The Morgan fingerprint density at radius 1 is 1.02 bits per heavy atom. The number of fused-ring (bicyclic) bond motifs is 2. The highest BCUT2D eigenvalue weighted by atomic mass is 28.4. The van der Waals surface area contributed by atoms with Crippen LogP contribution in [0.3, 0.4) is 0 Å². The molecule has 0 fully saturated rings. The Kier molecular flexibility index (Phi) is 16.0. The molecule has 3 rings (SSSR count). The van der Waals surface area contributed by atoms with Gasteiger partial charge in [-0.15, -0.1) is 0 Å². The third kappa shape index (κ3) is 13.7. The van der Waals surface area contributed by atoms with Gasteiger partial charge in [0.25, 0.3) is 0 Å². The van der Waals surface area contributed by atoms with Gasteiger partial charge in [-0.3, -0.25) is 0 Å². The maximum atomic E-state index is 13.4. The van der Waals surface area contributed by atoms with Crippen molar-refractivity contribution in [2.45, 2.75) is 172 Å². The van der Waals surface area contributed by atoms with Crippen LogP contribution < -0.4 is 0 Å². The van der Waals surface area contributed by atoms with E-state index in [-0.39, 0.29) is 40.6 Å². The zero-order chi connectivity index (χ0) is 38.0. The van der Waals surface area contributed by atoms with Gasteiger partial charge in [0, 0.05) is 25.9 Å². The van der Waals surface area contributed by atoms with Gasteiger partial charge in [0.1, 0.15) is 18.3 Å². The molecule has 0 N–H and O–H groups in total. The quantitative estimate of drug-likeness (QED) is 0.0807. The molecule has 0 aromatic carbocycles. The molecule has 51 heavy (non-hydrogen) atoms. The first-order valence-corrected chi connectivity index (χ1v) is 24.7. The molecular formula is C42H68O7Si2. The molecule has 7 unspecified atom stereocenters. The summed E-state index contributed by atoms with van der Waals surface area (Å²) < 4.78 is 38.4. The molecule has 9 heteroatoms. The van der Waals surface area contributed by atoms with E-state index in [2.05, 4.69) is 123 Å². The van der Waals surface area contributed by atoms with E-state index < -0.39 is 34.8 Å². The van der Waals surface area contributed by atoms with Crippen molar-refractivity contribution >= 4 is 22.6 Å². The molecule has 0 saturated heterocycles. The van der Waals surface area contributed by atoms with E-state index in [1.165, 1.54) is 5.57 Å². The number of carbonyl (C=O) groups excluding carboxylic acids is 1. The van der Waals surface area contributed by atoms with Crippen molar-refractivity contribution in [2.75, 3.05) is 13.7 Å². The highest BCUT2D eigenvalue weighted by Gasteiger charge is 2.41. The number of hydrogen-bond acceptors (Lipinski definition) is 7.